The summed E-state index contributed by atoms with van der Waals surface area (Å²) in [6.07, 6.45) is 2.95. The average Bonchev–Trinajstić information content (AvgIpc) is 2.41. The molecule has 0 atom stereocenters. The number of hydrogen-bond donors (Lipinski definition) is 2. The van der Waals surface area contributed by atoms with E-state index in [-0.39, 0.29) is 11.7 Å². The molecule has 3 N–H and O–H groups in total. The van der Waals surface area contributed by atoms with Gasteiger partial charge in [-0.3, -0.25) is 4.72 Å². The number of anilines is 2. The van der Waals surface area contributed by atoms with Crippen LogP contribution in [-0.2, 0) is 10.0 Å². The summed E-state index contributed by atoms with van der Waals surface area (Å²) in [7, 11) is -3.45. The van der Waals surface area contributed by atoms with Crippen LogP contribution in [0.25, 0.3) is 0 Å². The Morgan fingerprint density at radius 1 is 1.15 bits per heavy atom. The van der Waals surface area contributed by atoms with E-state index in [0.29, 0.717) is 11.4 Å². The maximum atomic E-state index is 11.8. The first-order valence-electron chi connectivity index (χ1n) is 5.82. The molecule has 1 aromatic carbocycles. The molecule has 20 heavy (non-hydrogen) atoms. The minimum absolute atomic E-state index is 0.0374. The molecule has 0 spiro atoms. The van der Waals surface area contributed by atoms with Crippen LogP contribution in [0, 0.1) is 0 Å². The summed E-state index contributed by atoms with van der Waals surface area (Å²) < 4.78 is 26.0. The molecule has 8 heteroatoms. The van der Waals surface area contributed by atoms with Crippen molar-refractivity contribution in [1.82, 2.24) is 9.97 Å². The highest BCUT2D eigenvalue weighted by atomic mass is 32.2. The van der Waals surface area contributed by atoms with Crippen LogP contribution in [0.2, 0.25) is 0 Å². The first kappa shape index (κ1) is 14.6. The maximum absolute atomic E-state index is 11.8. The second-order valence-electron chi connectivity index (χ2n) is 3.88. The SMILES string of the molecule is Nc1ccccc1SCCS(=O)(=O)Nc1ncccn1. The second-order valence-corrected chi connectivity index (χ2v) is 6.86. The minimum atomic E-state index is -3.45. The van der Waals surface area contributed by atoms with Crippen molar-refractivity contribution in [3.8, 4) is 0 Å². The smallest absolute Gasteiger partial charge is 0.236 e. The number of nitrogens with zero attached hydrogens (tertiary/aromatic N) is 2. The van der Waals surface area contributed by atoms with Gasteiger partial charge in [0.2, 0.25) is 16.0 Å². The summed E-state index contributed by atoms with van der Waals surface area (Å²) in [5.41, 5.74) is 6.44. The van der Waals surface area contributed by atoms with Gasteiger partial charge in [0.15, 0.2) is 0 Å². The molecule has 106 valence electrons. The lowest BCUT2D eigenvalue weighted by Gasteiger charge is -2.07. The van der Waals surface area contributed by atoms with Crippen LogP contribution >= 0.6 is 11.8 Å². The number of hydrogen-bond acceptors (Lipinski definition) is 6. The summed E-state index contributed by atoms with van der Waals surface area (Å²) in [6, 6.07) is 8.97. The molecule has 0 bridgehead atoms. The Balaban J connectivity index is 1.89. The van der Waals surface area contributed by atoms with Crippen LogP contribution in [0.1, 0.15) is 0 Å². The van der Waals surface area contributed by atoms with Crippen molar-refractivity contribution < 1.29 is 8.42 Å². The molecule has 0 aliphatic carbocycles. The van der Waals surface area contributed by atoms with Gasteiger partial charge in [-0.2, -0.15) is 0 Å². The molecule has 0 aliphatic rings. The largest absolute Gasteiger partial charge is 0.398 e. The fourth-order valence-electron chi connectivity index (χ4n) is 1.42. The third-order valence-electron chi connectivity index (χ3n) is 2.34. The van der Waals surface area contributed by atoms with Crippen molar-refractivity contribution in [3.63, 3.8) is 0 Å². The molecule has 2 rings (SSSR count). The molecular formula is C12H14N4O2S2. The van der Waals surface area contributed by atoms with E-state index in [9.17, 15) is 8.42 Å². The van der Waals surface area contributed by atoms with Crippen molar-refractivity contribution in [1.29, 1.82) is 0 Å². The Labute approximate surface area is 121 Å². The number of nitrogen functional groups attached to an aromatic ring is 1. The quantitative estimate of drug-likeness (QED) is 0.621. The fraction of sp³-hybridized carbons (Fsp3) is 0.167. The molecule has 0 saturated carbocycles. The van der Waals surface area contributed by atoms with E-state index in [2.05, 4.69) is 14.7 Å². The standard InChI is InChI=1S/C12H14N4O2S2/c13-10-4-1-2-5-11(10)19-8-9-20(17,18)16-12-14-6-3-7-15-12/h1-7H,8-9,13H2,(H,14,15,16). The molecule has 0 fully saturated rings. The van der Waals surface area contributed by atoms with Gasteiger partial charge in [0, 0.05) is 28.7 Å². The summed E-state index contributed by atoms with van der Waals surface area (Å²) in [5.74, 6) is 0.442. The van der Waals surface area contributed by atoms with Gasteiger partial charge in [0.25, 0.3) is 0 Å². The van der Waals surface area contributed by atoms with E-state index < -0.39 is 10.0 Å². The van der Waals surface area contributed by atoms with Crippen LogP contribution in [0.5, 0.6) is 0 Å². The zero-order valence-electron chi connectivity index (χ0n) is 10.6. The summed E-state index contributed by atoms with van der Waals surface area (Å²) in [6.45, 7) is 0. The Morgan fingerprint density at radius 3 is 2.55 bits per heavy atom. The number of aromatic nitrogens is 2. The van der Waals surface area contributed by atoms with E-state index >= 15 is 0 Å². The normalized spacial score (nSPS) is 11.2. The average molecular weight is 310 g/mol. The molecule has 0 saturated heterocycles. The summed E-state index contributed by atoms with van der Waals surface area (Å²) in [5, 5.41) is 0. The van der Waals surface area contributed by atoms with E-state index in [1.165, 1.54) is 24.2 Å². The van der Waals surface area contributed by atoms with Gasteiger partial charge in [0.1, 0.15) is 0 Å². The minimum Gasteiger partial charge on any atom is -0.398 e. The van der Waals surface area contributed by atoms with Crippen LogP contribution in [-0.4, -0.2) is 29.9 Å². The van der Waals surface area contributed by atoms with Crippen LogP contribution in [0.3, 0.4) is 0 Å². The number of nitrogens with two attached hydrogens (primary N) is 1. The molecule has 1 heterocycles. The highest BCUT2D eigenvalue weighted by Gasteiger charge is 2.12. The Bertz CT molecular complexity index is 662. The van der Waals surface area contributed by atoms with Gasteiger partial charge in [-0.15, -0.1) is 11.8 Å². The first-order valence-corrected chi connectivity index (χ1v) is 8.45. The Kier molecular flexibility index (Phi) is 4.80. The highest BCUT2D eigenvalue weighted by Crippen LogP contribution is 2.24. The Hall–Kier alpha value is -1.80. The Morgan fingerprint density at radius 2 is 1.85 bits per heavy atom. The van der Waals surface area contributed by atoms with E-state index in [0.717, 1.165) is 4.90 Å². The van der Waals surface area contributed by atoms with E-state index in [1.807, 2.05) is 18.2 Å². The monoisotopic (exact) mass is 310 g/mol. The van der Waals surface area contributed by atoms with Crippen molar-refractivity contribution in [2.75, 3.05) is 22.0 Å². The van der Waals surface area contributed by atoms with Crippen LogP contribution in [0.4, 0.5) is 11.6 Å². The summed E-state index contributed by atoms with van der Waals surface area (Å²) >= 11 is 1.40. The third kappa shape index (κ3) is 4.39. The van der Waals surface area contributed by atoms with Crippen molar-refractivity contribution in [2.45, 2.75) is 4.90 Å². The lowest BCUT2D eigenvalue weighted by atomic mass is 10.3. The number of nitrogens with one attached hydrogen (secondary N) is 1. The van der Waals surface area contributed by atoms with Gasteiger partial charge < -0.3 is 5.73 Å². The number of sulfonamides is 1. The van der Waals surface area contributed by atoms with Crippen molar-refractivity contribution >= 4 is 33.4 Å². The zero-order valence-corrected chi connectivity index (χ0v) is 12.2. The highest BCUT2D eigenvalue weighted by molar-refractivity contribution is 8.01. The molecular weight excluding hydrogens is 296 g/mol. The first-order chi connectivity index (χ1) is 9.57. The van der Waals surface area contributed by atoms with Crippen LogP contribution < -0.4 is 10.5 Å². The van der Waals surface area contributed by atoms with Crippen LogP contribution in [0.15, 0.2) is 47.6 Å². The van der Waals surface area contributed by atoms with Crippen molar-refractivity contribution in [2.24, 2.45) is 0 Å². The molecule has 0 unspecified atom stereocenters. The number of rotatable bonds is 6. The predicted molar refractivity (Wildman–Crippen MR) is 81.0 cm³/mol. The van der Waals surface area contributed by atoms with Crippen molar-refractivity contribution in [3.05, 3.63) is 42.7 Å². The lowest BCUT2D eigenvalue weighted by molar-refractivity contribution is 0.602. The number of thioether (sulfide) groups is 1. The molecule has 2 aromatic rings. The number of benzene rings is 1. The number of para-hydroxylation sites is 1. The maximum Gasteiger partial charge on any atom is 0.236 e. The van der Waals surface area contributed by atoms with E-state index in [4.69, 9.17) is 5.73 Å². The van der Waals surface area contributed by atoms with Gasteiger partial charge in [0.05, 0.1) is 5.75 Å². The molecule has 6 nitrogen and oxygen atoms in total. The molecule has 0 aliphatic heterocycles. The lowest BCUT2D eigenvalue weighted by Crippen LogP contribution is -2.19. The topological polar surface area (TPSA) is 98.0 Å². The van der Waals surface area contributed by atoms with Gasteiger partial charge in [-0.25, -0.2) is 18.4 Å². The second kappa shape index (κ2) is 6.58. The van der Waals surface area contributed by atoms with Gasteiger partial charge >= 0.3 is 0 Å². The molecule has 0 amide bonds. The predicted octanol–water partition coefficient (Wildman–Crippen LogP) is 1.59. The fourth-order valence-corrected chi connectivity index (χ4v) is 3.74. The van der Waals surface area contributed by atoms with Gasteiger partial charge in [-0.05, 0) is 18.2 Å². The zero-order chi connectivity index (χ0) is 14.4. The van der Waals surface area contributed by atoms with E-state index in [1.54, 1.807) is 12.1 Å². The summed E-state index contributed by atoms with van der Waals surface area (Å²) in [4.78, 5) is 8.51. The molecule has 1 aromatic heterocycles. The third-order valence-corrected chi connectivity index (χ3v) is 4.93. The molecule has 0 radical (unpaired) electrons. The van der Waals surface area contributed by atoms with Gasteiger partial charge in [-0.1, -0.05) is 12.1 Å².